The first-order valence-electron chi connectivity index (χ1n) is 5.93. The number of aromatic nitrogens is 2. The molecule has 0 fully saturated rings. The van der Waals surface area contributed by atoms with Crippen molar-refractivity contribution in [2.45, 2.75) is 6.42 Å². The number of halogens is 1. The number of nitrogens with zero attached hydrogens (tertiary/aromatic N) is 3. The highest BCUT2D eigenvalue weighted by atomic mass is 35.5. The van der Waals surface area contributed by atoms with E-state index in [2.05, 4.69) is 9.97 Å². The molecule has 4 nitrogen and oxygen atoms in total. The standard InChI is InChI=1S/C14H14ClN3O/c1-18(9-5-11-2-6-16-7-3-11)14(19)12-4-8-17-13(15)10-12/h2-4,6-8,10H,5,9H2,1H3. The van der Waals surface area contributed by atoms with Crippen molar-refractivity contribution in [1.82, 2.24) is 14.9 Å². The predicted molar refractivity (Wildman–Crippen MR) is 74.1 cm³/mol. The first kappa shape index (κ1) is 13.5. The zero-order chi connectivity index (χ0) is 13.7. The van der Waals surface area contributed by atoms with Gasteiger partial charge >= 0.3 is 0 Å². The normalized spacial score (nSPS) is 10.2. The van der Waals surface area contributed by atoms with Crippen LogP contribution in [-0.4, -0.2) is 34.4 Å². The van der Waals surface area contributed by atoms with Gasteiger partial charge in [0.15, 0.2) is 0 Å². The van der Waals surface area contributed by atoms with Crippen LogP contribution >= 0.6 is 11.6 Å². The molecule has 0 atom stereocenters. The van der Waals surface area contributed by atoms with Crippen molar-refractivity contribution in [3.63, 3.8) is 0 Å². The molecule has 0 radical (unpaired) electrons. The minimum atomic E-state index is -0.0571. The Balaban J connectivity index is 1.96. The van der Waals surface area contributed by atoms with E-state index < -0.39 is 0 Å². The van der Waals surface area contributed by atoms with Crippen molar-refractivity contribution < 1.29 is 4.79 Å². The number of amides is 1. The Bertz CT molecular complexity index is 560. The molecule has 0 unspecified atom stereocenters. The second-order valence-electron chi connectivity index (χ2n) is 4.20. The zero-order valence-corrected chi connectivity index (χ0v) is 11.3. The van der Waals surface area contributed by atoms with Gasteiger partial charge in [0.05, 0.1) is 0 Å². The quantitative estimate of drug-likeness (QED) is 0.805. The molecule has 2 aromatic rings. The summed E-state index contributed by atoms with van der Waals surface area (Å²) >= 11 is 5.78. The summed E-state index contributed by atoms with van der Waals surface area (Å²) in [4.78, 5) is 21.6. The van der Waals surface area contributed by atoms with Crippen LogP contribution in [0, 0.1) is 0 Å². The van der Waals surface area contributed by atoms with Gasteiger partial charge in [-0.25, -0.2) is 4.98 Å². The van der Waals surface area contributed by atoms with Gasteiger partial charge < -0.3 is 4.90 Å². The Morgan fingerprint density at radius 2 is 2.00 bits per heavy atom. The van der Waals surface area contributed by atoms with Crippen LogP contribution in [0.25, 0.3) is 0 Å². The molecule has 0 aliphatic heterocycles. The third-order valence-electron chi connectivity index (χ3n) is 2.81. The molecule has 1 amide bonds. The highest BCUT2D eigenvalue weighted by molar-refractivity contribution is 6.29. The topological polar surface area (TPSA) is 46.1 Å². The Labute approximate surface area is 117 Å². The molecule has 2 heterocycles. The van der Waals surface area contributed by atoms with Gasteiger partial charge in [0.2, 0.25) is 0 Å². The summed E-state index contributed by atoms with van der Waals surface area (Å²) in [6, 6.07) is 7.13. The Morgan fingerprint density at radius 1 is 1.26 bits per heavy atom. The maximum Gasteiger partial charge on any atom is 0.253 e. The molecule has 0 bridgehead atoms. The van der Waals surface area contributed by atoms with E-state index in [0.29, 0.717) is 17.3 Å². The average molecular weight is 276 g/mol. The van der Waals surface area contributed by atoms with Gasteiger partial charge in [0.1, 0.15) is 5.15 Å². The van der Waals surface area contributed by atoms with Gasteiger partial charge in [-0.15, -0.1) is 0 Å². The molecule has 5 heteroatoms. The Kier molecular flexibility index (Phi) is 4.47. The SMILES string of the molecule is CN(CCc1ccncc1)C(=O)c1ccnc(Cl)c1. The van der Waals surface area contributed by atoms with E-state index in [1.54, 1.807) is 36.5 Å². The van der Waals surface area contributed by atoms with Gasteiger partial charge in [0.25, 0.3) is 5.91 Å². The van der Waals surface area contributed by atoms with E-state index in [1.165, 1.54) is 6.20 Å². The van der Waals surface area contributed by atoms with Gasteiger partial charge in [-0.05, 0) is 36.2 Å². The molecule has 0 saturated carbocycles. The molecule has 0 aliphatic carbocycles. The lowest BCUT2D eigenvalue weighted by Crippen LogP contribution is -2.28. The van der Waals surface area contributed by atoms with Crippen LogP contribution in [0.1, 0.15) is 15.9 Å². The van der Waals surface area contributed by atoms with Crippen LogP contribution in [0.15, 0.2) is 42.9 Å². The van der Waals surface area contributed by atoms with E-state index in [-0.39, 0.29) is 5.91 Å². The number of hydrogen-bond donors (Lipinski definition) is 0. The van der Waals surface area contributed by atoms with Crippen molar-refractivity contribution in [3.8, 4) is 0 Å². The van der Waals surface area contributed by atoms with Gasteiger partial charge in [-0.1, -0.05) is 11.6 Å². The van der Waals surface area contributed by atoms with E-state index in [4.69, 9.17) is 11.6 Å². The fourth-order valence-corrected chi connectivity index (χ4v) is 1.88. The van der Waals surface area contributed by atoms with Crippen molar-refractivity contribution in [3.05, 3.63) is 59.1 Å². The summed E-state index contributed by atoms with van der Waals surface area (Å²) in [5, 5.41) is 0.327. The highest BCUT2D eigenvalue weighted by Crippen LogP contribution is 2.09. The third kappa shape index (κ3) is 3.76. The Hall–Kier alpha value is -1.94. The lowest BCUT2D eigenvalue weighted by atomic mass is 10.2. The molecular formula is C14H14ClN3O. The number of carbonyl (C=O) groups excluding carboxylic acids is 1. The monoisotopic (exact) mass is 275 g/mol. The fourth-order valence-electron chi connectivity index (χ4n) is 1.70. The first-order valence-corrected chi connectivity index (χ1v) is 6.30. The molecule has 0 spiro atoms. The molecular weight excluding hydrogens is 262 g/mol. The lowest BCUT2D eigenvalue weighted by molar-refractivity contribution is 0.0796. The number of likely N-dealkylation sites (N-methyl/N-ethyl adjacent to an activating group) is 1. The minimum absolute atomic E-state index is 0.0571. The van der Waals surface area contributed by atoms with Crippen LogP contribution in [-0.2, 0) is 6.42 Å². The molecule has 0 aromatic carbocycles. The van der Waals surface area contributed by atoms with Crippen molar-refractivity contribution in [2.75, 3.05) is 13.6 Å². The summed E-state index contributed by atoms with van der Waals surface area (Å²) in [5.41, 5.74) is 1.71. The minimum Gasteiger partial charge on any atom is -0.341 e. The van der Waals surface area contributed by atoms with Crippen LogP contribution in [0.5, 0.6) is 0 Å². The van der Waals surface area contributed by atoms with Gasteiger partial charge in [-0.3, -0.25) is 9.78 Å². The highest BCUT2D eigenvalue weighted by Gasteiger charge is 2.11. The largest absolute Gasteiger partial charge is 0.341 e. The smallest absolute Gasteiger partial charge is 0.253 e. The average Bonchev–Trinajstić information content (AvgIpc) is 2.45. The first-order chi connectivity index (χ1) is 9.16. The second-order valence-corrected chi connectivity index (χ2v) is 4.59. The van der Waals surface area contributed by atoms with E-state index in [1.807, 2.05) is 12.1 Å². The molecule has 2 aromatic heterocycles. The van der Waals surface area contributed by atoms with Crippen LogP contribution in [0.3, 0.4) is 0 Å². The molecule has 19 heavy (non-hydrogen) atoms. The van der Waals surface area contributed by atoms with E-state index in [0.717, 1.165) is 12.0 Å². The lowest BCUT2D eigenvalue weighted by Gasteiger charge is -2.17. The fraction of sp³-hybridized carbons (Fsp3) is 0.214. The number of carbonyl (C=O) groups is 1. The van der Waals surface area contributed by atoms with Crippen molar-refractivity contribution in [1.29, 1.82) is 0 Å². The summed E-state index contributed by atoms with van der Waals surface area (Å²) in [6.07, 6.45) is 5.83. The maximum atomic E-state index is 12.1. The maximum absolute atomic E-state index is 12.1. The van der Waals surface area contributed by atoms with Crippen LogP contribution < -0.4 is 0 Å². The summed E-state index contributed by atoms with van der Waals surface area (Å²) in [5.74, 6) is -0.0571. The molecule has 2 rings (SSSR count). The third-order valence-corrected chi connectivity index (χ3v) is 3.01. The van der Waals surface area contributed by atoms with E-state index in [9.17, 15) is 4.79 Å². The van der Waals surface area contributed by atoms with E-state index >= 15 is 0 Å². The molecule has 0 N–H and O–H groups in total. The second kappa shape index (κ2) is 6.29. The number of rotatable bonds is 4. The molecule has 0 aliphatic rings. The Morgan fingerprint density at radius 3 is 2.68 bits per heavy atom. The van der Waals surface area contributed by atoms with Gasteiger partial charge in [0, 0.05) is 37.7 Å². The molecule has 0 saturated heterocycles. The van der Waals surface area contributed by atoms with Crippen LogP contribution in [0.2, 0.25) is 5.15 Å². The zero-order valence-electron chi connectivity index (χ0n) is 10.6. The van der Waals surface area contributed by atoms with Crippen LogP contribution in [0.4, 0.5) is 0 Å². The summed E-state index contributed by atoms with van der Waals surface area (Å²) < 4.78 is 0. The van der Waals surface area contributed by atoms with Gasteiger partial charge in [-0.2, -0.15) is 0 Å². The molecule has 98 valence electrons. The predicted octanol–water partition coefficient (Wildman–Crippen LogP) is 2.44. The van der Waals surface area contributed by atoms with Crippen molar-refractivity contribution in [2.24, 2.45) is 0 Å². The summed E-state index contributed by atoms with van der Waals surface area (Å²) in [6.45, 7) is 0.642. The number of hydrogen-bond acceptors (Lipinski definition) is 3. The summed E-state index contributed by atoms with van der Waals surface area (Å²) in [7, 11) is 1.78. The number of pyridine rings is 2. The van der Waals surface area contributed by atoms with Crippen molar-refractivity contribution >= 4 is 17.5 Å².